The molecule has 1 N–H and O–H groups in total. The van der Waals surface area contributed by atoms with Gasteiger partial charge in [0.2, 0.25) is 0 Å². The third-order valence-electron chi connectivity index (χ3n) is 3.47. The fourth-order valence-electron chi connectivity index (χ4n) is 2.37. The van der Waals surface area contributed by atoms with E-state index in [0.29, 0.717) is 6.54 Å². The lowest BCUT2D eigenvalue weighted by Gasteiger charge is -2.28. The summed E-state index contributed by atoms with van der Waals surface area (Å²) in [4.78, 5) is 14.1. The van der Waals surface area contributed by atoms with Gasteiger partial charge >= 0.3 is 0 Å². The molecule has 5 nitrogen and oxygen atoms in total. The van der Waals surface area contributed by atoms with Gasteiger partial charge in [-0.15, -0.1) is 0 Å². The molecule has 2 aromatic rings. The highest BCUT2D eigenvalue weighted by molar-refractivity contribution is 5.37. The second kappa shape index (κ2) is 5.88. The van der Waals surface area contributed by atoms with Gasteiger partial charge in [-0.1, -0.05) is 30.3 Å². The molecule has 0 amide bonds. The van der Waals surface area contributed by atoms with Gasteiger partial charge in [-0.05, 0) is 11.6 Å². The Morgan fingerprint density at radius 2 is 1.80 bits per heavy atom. The smallest absolute Gasteiger partial charge is 0.267 e. The SMILES string of the molecule is O=c1ccc(N2CCNCC2)nn1Cc1ccccc1. The zero-order valence-electron chi connectivity index (χ0n) is 11.3. The highest BCUT2D eigenvalue weighted by atomic mass is 16.1. The molecule has 0 radical (unpaired) electrons. The first-order valence-corrected chi connectivity index (χ1v) is 6.91. The van der Waals surface area contributed by atoms with Crippen LogP contribution < -0.4 is 15.8 Å². The number of benzene rings is 1. The van der Waals surface area contributed by atoms with Gasteiger partial charge in [-0.2, -0.15) is 5.10 Å². The van der Waals surface area contributed by atoms with E-state index >= 15 is 0 Å². The number of nitrogens with zero attached hydrogens (tertiary/aromatic N) is 3. The molecule has 20 heavy (non-hydrogen) atoms. The van der Waals surface area contributed by atoms with E-state index in [-0.39, 0.29) is 5.56 Å². The predicted octanol–water partition coefficient (Wildman–Crippen LogP) is 0.701. The summed E-state index contributed by atoms with van der Waals surface area (Å²) in [6.07, 6.45) is 0. The van der Waals surface area contributed by atoms with Gasteiger partial charge in [0.1, 0.15) is 5.82 Å². The van der Waals surface area contributed by atoms with Gasteiger partial charge in [0, 0.05) is 32.2 Å². The zero-order chi connectivity index (χ0) is 13.8. The molecule has 0 spiro atoms. The quantitative estimate of drug-likeness (QED) is 0.892. The molecule has 0 aliphatic carbocycles. The summed E-state index contributed by atoms with van der Waals surface area (Å²) >= 11 is 0. The molecule has 1 aliphatic rings. The highest BCUT2D eigenvalue weighted by Crippen LogP contribution is 2.09. The van der Waals surface area contributed by atoms with E-state index in [4.69, 9.17) is 0 Å². The standard InChI is InChI=1S/C15H18N4O/c20-15-7-6-14(18-10-8-16-9-11-18)17-19(15)12-13-4-2-1-3-5-13/h1-7,16H,8-12H2. The first-order valence-electron chi connectivity index (χ1n) is 6.91. The maximum absolute atomic E-state index is 11.9. The largest absolute Gasteiger partial charge is 0.353 e. The third-order valence-corrected chi connectivity index (χ3v) is 3.47. The predicted molar refractivity (Wildman–Crippen MR) is 79.1 cm³/mol. The lowest BCUT2D eigenvalue weighted by atomic mass is 10.2. The van der Waals surface area contributed by atoms with Crippen molar-refractivity contribution >= 4 is 5.82 Å². The maximum Gasteiger partial charge on any atom is 0.267 e. The van der Waals surface area contributed by atoms with E-state index < -0.39 is 0 Å². The first kappa shape index (κ1) is 12.9. The number of hydrogen-bond acceptors (Lipinski definition) is 4. The van der Waals surface area contributed by atoms with E-state index in [1.807, 2.05) is 36.4 Å². The van der Waals surface area contributed by atoms with Crippen LogP contribution in [-0.4, -0.2) is 36.0 Å². The summed E-state index contributed by atoms with van der Waals surface area (Å²) in [5.74, 6) is 0.877. The first-order chi connectivity index (χ1) is 9.83. The topological polar surface area (TPSA) is 50.2 Å². The van der Waals surface area contributed by atoms with E-state index in [2.05, 4.69) is 15.3 Å². The zero-order valence-corrected chi connectivity index (χ0v) is 11.3. The molecule has 0 atom stereocenters. The van der Waals surface area contributed by atoms with Gasteiger partial charge in [0.15, 0.2) is 0 Å². The van der Waals surface area contributed by atoms with Crippen LogP contribution in [0.2, 0.25) is 0 Å². The summed E-state index contributed by atoms with van der Waals surface area (Å²) in [7, 11) is 0. The average molecular weight is 270 g/mol. The lowest BCUT2D eigenvalue weighted by molar-refractivity contribution is 0.566. The van der Waals surface area contributed by atoms with Crippen LogP contribution in [0.4, 0.5) is 5.82 Å². The number of nitrogens with one attached hydrogen (secondary N) is 1. The number of anilines is 1. The van der Waals surface area contributed by atoms with Crippen molar-refractivity contribution in [2.45, 2.75) is 6.54 Å². The minimum atomic E-state index is -0.0623. The number of rotatable bonds is 3. The molecule has 1 saturated heterocycles. The van der Waals surface area contributed by atoms with Crippen LogP contribution in [0.15, 0.2) is 47.3 Å². The normalized spacial score (nSPS) is 15.3. The van der Waals surface area contributed by atoms with E-state index in [0.717, 1.165) is 37.6 Å². The highest BCUT2D eigenvalue weighted by Gasteiger charge is 2.12. The van der Waals surface area contributed by atoms with Crippen molar-refractivity contribution in [1.82, 2.24) is 15.1 Å². The van der Waals surface area contributed by atoms with Crippen molar-refractivity contribution < 1.29 is 0 Å². The van der Waals surface area contributed by atoms with Crippen molar-refractivity contribution in [3.05, 3.63) is 58.4 Å². The molecular formula is C15H18N4O. The van der Waals surface area contributed by atoms with Crippen LogP contribution >= 0.6 is 0 Å². The van der Waals surface area contributed by atoms with Crippen molar-refractivity contribution in [3.8, 4) is 0 Å². The Kier molecular flexibility index (Phi) is 3.78. The van der Waals surface area contributed by atoms with Crippen molar-refractivity contribution in [2.24, 2.45) is 0 Å². The minimum Gasteiger partial charge on any atom is -0.353 e. The fraction of sp³-hybridized carbons (Fsp3) is 0.333. The van der Waals surface area contributed by atoms with Gasteiger partial charge in [0.25, 0.3) is 5.56 Å². The van der Waals surface area contributed by atoms with Crippen LogP contribution in [0.1, 0.15) is 5.56 Å². The van der Waals surface area contributed by atoms with Crippen LogP contribution in [0.5, 0.6) is 0 Å². The molecule has 1 fully saturated rings. The monoisotopic (exact) mass is 270 g/mol. The summed E-state index contributed by atoms with van der Waals surface area (Å²) in [6.45, 7) is 4.28. The van der Waals surface area contributed by atoms with Crippen molar-refractivity contribution in [2.75, 3.05) is 31.1 Å². The fourth-order valence-corrected chi connectivity index (χ4v) is 2.37. The molecule has 5 heteroatoms. The number of aromatic nitrogens is 2. The van der Waals surface area contributed by atoms with E-state index in [1.165, 1.54) is 4.68 Å². The van der Waals surface area contributed by atoms with Crippen LogP contribution in [-0.2, 0) is 6.54 Å². The lowest BCUT2D eigenvalue weighted by Crippen LogP contribution is -2.44. The summed E-state index contributed by atoms with van der Waals surface area (Å²) in [5.41, 5.74) is 1.02. The molecule has 2 heterocycles. The Morgan fingerprint density at radius 1 is 1.05 bits per heavy atom. The van der Waals surface area contributed by atoms with Crippen LogP contribution in [0.3, 0.4) is 0 Å². The van der Waals surface area contributed by atoms with E-state index in [9.17, 15) is 4.79 Å². The van der Waals surface area contributed by atoms with Crippen molar-refractivity contribution in [1.29, 1.82) is 0 Å². The molecule has 1 aromatic heterocycles. The summed E-state index contributed by atoms with van der Waals surface area (Å²) < 4.78 is 1.53. The molecule has 1 aliphatic heterocycles. The Balaban J connectivity index is 1.85. The average Bonchev–Trinajstić information content (AvgIpc) is 2.51. The number of hydrogen-bond donors (Lipinski definition) is 1. The van der Waals surface area contributed by atoms with Gasteiger partial charge in [-0.3, -0.25) is 4.79 Å². The summed E-state index contributed by atoms with van der Waals surface area (Å²) in [6, 6.07) is 13.3. The van der Waals surface area contributed by atoms with Crippen molar-refractivity contribution in [3.63, 3.8) is 0 Å². The maximum atomic E-state index is 11.9. The second-order valence-electron chi connectivity index (χ2n) is 4.91. The molecule has 0 saturated carbocycles. The third kappa shape index (κ3) is 2.88. The Hall–Kier alpha value is -2.14. The molecule has 1 aromatic carbocycles. The molecule has 0 bridgehead atoms. The molecular weight excluding hydrogens is 252 g/mol. The number of piperazine rings is 1. The Morgan fingerprint density at radius 3 is 2.55 bits per heavy atom. The van der Waals surface area contributed by atoms with Gasteiger partial charge in [-0.25, -0.2) is 4.68 Å². The van der Waals surface area contributed by atoms with Gasteiger partial charge < -0.3 is 10.2 Å². The van der Waals surface area contributed by atoms with Crippen LogP contribution in [0, 0.1) is 0 Å². The molecule has 3 rings (SSSR count). The minimum absolute atomic E-state index is 0.0623. The Bertz CT molecular complexity index is 617. The van der Waals surface area contributed by atoms with Crippen LogP contribution in [0.25, 0.3) is 0 Å². The second-order valence-corrected chi connectivity index (χ2v) is 4.91. The Labute approximate surface area is 117 Å². The van der Waals surface area contributed by atoms with Gasteiger partial charge in [0.05, 0.1) is 6.54 Å². The van der Waals surface area contributed by atoms with E-state index in [1.54, 1.807) is 6.07 Å². The molecule has 104 valence electrons. The molecule has 0 unspecified atom stereocenters. The summed E-state index contributed by atoms with van der Waals surface area (Å²) in [5, 5.41) is 7.81.